The minimum atomic E-state index is -1.62. The minimum Gasteiger partial charge on any atom is -0.396 e. The van der Waals surface area contributed by atoms with Crippen LogP contribution < -0.4 is 0 Å². The van der Waals surface area contributed by atoms with Crippen molar-refractivity contribution in [2.45, 2.75) is 51.3 Å². The molecule has 0 N–H and O–H groups in total. The Morgan fingerprint density at radius 3 is 1.93 bits per heavy atom. The highest BCUT2D eigenvalue weighted by atomic mass is 33.1. The molecule has 0 aromatic heterocycles. The molecule has 0 saturated heterocycles. The van der Waals surface area contributed by atoms with Crippen LogP contribution in [-0.4, -0.2) is 26.9 Å². The maximum absolute atomic E-state index is 5.83. The maximum Gasteiger partial charge on any atom is 0.338 e. The van der Waals surface area contributed by atoms with Gasteiger partial charge in [0.25, 0.3) is 0 Å². The van der Waals surface area contributed by atoms with Gasteiger partial charge < -0.3 is 8.85 Å². The Hall–Kier alpha value is 0.837. The van der Waals surface area contributed by atoms with Crippen molar-refractivity contribution in [3.63, 3.8) is 0 Å². The molecule has 0 fully saturated rings. The van der Waals surface area contributed by atoms with Crippen molar-refractivity contribution >= 4 is 31.7 Å². The van der Waals surface area contributed by atoms with Crippen LogP contribution in [0.1, 0.15) is 47.0 Å². The van der Waals surface area contributed by atoms with Crippen LogP contribution in [-0.2, 0) is 8.85 Å². The van der Waals surface area contributed by atoms with E-state index in [0.29, 0.717) is 0 Å². The molecule has 0 aromatic carbocycles. The standard InChI is InChI=1S/C10H24O2S2Si/c1-5-9-10(6-2,14-13)15(11-7-3)12-8-4/h13,15H,5-9H2,1-4H3. The van der Waals surface area contributed by atoms with Crippen LogP contribution in [0.25, 0.3) is 0 Å². The van der Waals surface area contributed by atoms with Gasteiger partial charge in [0.2, 0.25) is 0 Å². The number of hydrogen-bond donors (Lipinski definition) is 1. The molecule has 1 atom stereocenters. The Bertz CT molecular complexity index is 148. The lowest BCUT2D eigenvalue weighted by molar-refractivity contribution is 0.197. The van der Waals surface area contributed by atoms with Gasteiger partial charge in [-0.25, -0.2) is 0 Å². The molecule has 0 rings (SSSR count). The van der Waals surface area contributed by atoms with E-state index in [1.165, 1.54) is 0 Å². The fourth-order valence-electron chi connectivity index (χ4n) is 1.69. The highest BCUT2D eigenvalue weighted by Gasteiger charge is 2.40. The quantitative estimate of drug-likeness (QED) is 0.393. The Balaban J connectivity index is 4.62. The van der Waals surface area contributed by atoms with Gasteiger partial charge in [0.15, 0.2) is 0 Å². The Morgan fingerprint density at radius 2 is 1.67 bits per heavy atom. The Morgan fingerprint density at radius 1 is 1.13 bits per heavy atom. The molecule has 0 radical (unpaired) electrons. The van der Waals surface area contributed by atoms with Gasteiger partial charge in [0.05, 0.1) is 4.37 Å². The van der Waals surface area contributed by atoms with Crippen molar-refractivity contribution in [2.24, 2.45) is 0 Å². The van der Waals surface area contributed by atoms with Gasteiger partial charge in [-0.05, 0) is 26.7 Å². The van der Waals surface area contributed by atoms with Crippen molar-refractivity contribution in [3.8, 4) is 0 Å². The van der Waals surface area contributed by atoms with E-state index in [4.69, 9.17) is 8.85 Å². The number of rotatable bonds is 9. The van der Waals surface area contributed by atoms with Gasteiger partial charge in [-0.15, -0.1) is 11.7 Å². The van der Waals surface area contributed by atoms with Gasteiger partial charge in [-0.1, -0.05) is 31.1 Å². The average Bonchev–Trinajstić information content (AvgIpc) is 2.26. The molecule has 0 amide bonds. The van der Waals surface area contributed by atoms with Crippen LogP contribution in [0, 0.1) is 0 Å². The second-order valence-corrected chi connectivity index (χ2v) is 7.90. The predicted octanol–water partition coefficient (Wildman–Crippen LogP) is 3.35. The van der Waals surface area contributed by atoms with Crippen LogP contribution in [0.2, 0.25) is 0 Å². The first-order valence-corrected chi connectivity index (χ1v) is 9.15. The summed E-state index contributed by atoms with van der Waals surface area (Å²) in [5.74, 6) is 0. The zero-order valence-electron chi connectivity index (χ0n) is 10.3. The Labute approximate surface area is 105 Å². The number of hydrogen-bond acceptors (Lipinski definition) is 4. The molecule has 0 aromatic rings. The summed E-state index contributed by atoms with van der Waals surface area (Å²) < 4.78 is 11.8. The van der Waals surface area contributed by atoms with Crippen LogP contribution in [0.15, 0.2) is 0 Å². The van der Waals surface area contributed by atoms with E-state index in [1.54, 1.807) is 10.8 Å². The topological polar surface area (TPSA) is 18.5 Å². The second kappa shape index (κ2) is 8.93. The molecule has 2 nitrogen and oxygen atoms in total. The molecular formula is C10H24O2S2Si. The fraction of sp³-hybridized carbons (Fsp3) is 1.00. The Kier molecular flexibility index (Phi) is 9.43. The molecule has 0 aliphatic carbocycles. The lowest BCUT2D eigenvalue weighted by atomic mass is 10.2. The third-order valence-electron chi connectivity index (χ3n) is 2.52. The SMILES string of the molecule is CCCC(CC)(SS)[SiH](OCC)OCC. The van der Waals surface area contributed by atoms with E-state index in [-0.39, 0.29) is 4.37 Å². The van der Waals surface area contributed by atoms with Gasteiger partial charge >= 0.3 is 9.28 Å². The molecule has 0 heterocycles. The summed E-state index contributed by atoms with van der Waals surface area (Å²) in [4.78, 5) is 0. The predicted molar refractivity (Wildman–Crippen MR) is 74.9 cm³/mol. The molecule has 0 spiro atoms. The third kappa shape index (κ3) is 4.69. The highest BCUT2D eigenvalue weighted by Crippen LogP contribution is 2.39. The largest absolute Gasteiger partial charge is 0.396 e. The summed E-state index contributed by atoms with van der Waals surface area (Å²) in [7, 11) is 0.0205. The van der Waals surface area contributed by atoms with Crippen LogP contribution in [0.4, 0.5) is 0 Å². The van der Waals surface area contributed by atoms with E-state index >= 15 is 0 Å². The fourth-order valence-corrected chi connectivity index (χ4v) is 6.47. The van der Waals surface area contributed by atoms with E-state index in [1.807, 2.05) is 13.8 Å². The lowest BCUT2D eigenvalue weighted by Crippen LogP contribution is -2.46. The van der Waals surface area contributed by atoms with Crippen molar-refractivity contribution in [2.75, 3.05) is 13.2 Å². The van der Waals surface area contributed by atoms with Gasteiger partial charge in [0, 0.05) is 13.2 Å². The van der Waals surface area contributed by atoms with E-state index < -0.39 is 9.28 Å². The summed E-state index contributed by atoms with van der Waals surface area (Å²) in [5.41, 5.74) is 0. The normalized spacial score (nSPS) is 15.6. The van der Waals surface area contributed by atoms with Gasteiger partial charge in [0.1, 0.15) is 0 Å². The van der Waals surface area contributed by atoms with E-state index in [0.717, 1.165) is 32.5 Å². The second-order valence-electron chi connectivity index (χ2n) is 3.50. The minimum absolute atomic E-state index is 0.129. The van der Waals surface area contributed by atoms with Gasteiger partial charge in [-0.3, -0.25) is 0 Å². The maximum atomic E-state index is 5.83. The van der Waals surface area contributed by atoms with Crippen molar-refractivity contribution in [1.82, 2.24) is 0 Å². The molecule has 92 valence electrons. The molecular weight excluding hydrogens is 244 g/mol. The summed E-state index contributed by atoms with van der Waals surface area (Å²) >= 11 is 4.43. The first kappa shape index (κ1) is 15.8. The summed E-state index contributed by atoms with van der Waals surface area (Å²) in [6, 6.07) is 0. The van der Waals surface area contributed by atoms with Crippen molar-refractivity contribution < 1.29 is 8.85 Å². The zero-order valence-corrected chi connectivity index (χ0v) is 13.2. The van der Waals surface area contributed by atoms with Crippen molar-refractivity contribution in [1.29, 1.82) is 0 Å². The third-order valence-corrected chi connectivity index (χ3v) is 8.82. The van der Waals surface area contributed by atoms with Crippen molar-refractivity contribution in [3.05, 3.63) is 0 Å². The lowest BCUT2D eigenvalue weighted by Gasteiger charge is -2.35. The average molecular weight is 269 g/mol. The monoisotopic (exact) mass is 268 g/mol. The van der Waals surface area contributed by atoms with Crippen LogP contribution >= 0.6 is 22.5 Å². The van der Waals surface area contributed by atoms with Crippen LogP contribution in [0.3, 0.4) is 0 Å². The molecule has 1 unspecified atom stereocenters. The molecule has 0 saturated carbocycles. The van der Waals surface area contributed by atoms with Crippen LogP contribution in [0.5, 0.6) is 0 Å². The van der Waals surface area contributed by atoms with Gasteiger partial charge in [-0.2, -0.15) is 0 Å². The first-order valence-electron chi connectivity index (χ1n) is 5.76. The molecule has 5 heteroatoms. The summed E-state index contributed by atoms with van der Waals surface area (Å²) in [6.07, 6.45) is 3.37. The van der Waals surface area contributed by atoms with E-state index in [2.05, 4.69) is 25.5 Å². The summed E-state index contributed by atoms with van der Waals surface area (Å²) in [5, 5.41) is 0. The molecule has 0 bridgehead atoms. The van der Waals surface area contributed by atoms with E-state index in [9.17, 15) is 0 Å². The number of thiol groups is 1. The summed E-state index contributed by atoms with van der Waals surface area (Å²) in [6.45, 7) is 9.98. The smallest absolute Gasteiger partial charge is 0.338 e. The molecule has 15 heavy (non-hydrogen) atoms. The molecule has 0 aliphatic rings. The zero-order chi connectivity index (χ0) is 11.7. The molecule has 0 aliphatic heterocycles. The highest BCUT2D eigenvalue weighted by molar-refractivity contribution is 8.69. The first-order chi connectivity index (χ1) is 7.20.